The van der Waals surface area contributed by atoms with Crippen LogP contribution in [-0.2, 0) is 0 Å². The molecule has 1 aromatic carbocycles. The number of aryl methyl sites for hydroxylation is 1. The van der Waals surface area contributed by atoms with Crippen LogP contribution in [0.1, 0.15) is 41.7 Å². The molecule has 142 valence electrons. The van der Waals surface area contributed by atoms with Gasteiger partial charge in [-0.05, 0) is 44.7 Å². The van der Waals surface area contributed by atoms with Gasteiger partial charge in [-0.2, -0.15) is 0 Å². The van der Waals surface area contributed by atoms with Crippen molar-refractivity contribution in [1.29, 1.82) is 0 Å². The van der Waals surface area contributed by atoms with Crippen molar-refractivity contribution in [3.05, 3.63) is 40.9 Å². The summed E-state index contributed by atoms with van der Waals surface area (Å²) < 4.78 is 0. The zero-order chi connectivity index (χ0) is 16.7. The molecule has 0 spiro atoms. The Bertz CT molecular complexity index is 755. The second-order valence-corrected chi connectivity index (χ2v) is 7.91. The van der Waals surface area contributed by atoms with Crippen LogP contribution in [-0.4, -0.2) is 41.0 Å². The van der Waals surface area contributed by atoms with E-state index >= 15 is 0 Å². The molecule has 2 saturated heterocycles. The van der Waals surface area contributed by atoms with E-state index in [1.807, 2.05) is 48.5 Å². The minimum Gasteiger partial charge on any atom is -0.339 e. The zero-order valence-electron chi connectivity index (χ0n) is 15.0. The predicted octanol–water partition coefficient (Wildman–Crippen LogP) is 4.32. The smallest absolute Gasteiger partial charge is 0.253 e. The summed E-state index contributed by atoms with van der Waals surface area (Å²) >= 11 is 1.62. The largest absolute Gasteiger partial charge is 0.339 e. The molecule has 2 aliphatic rings. The number of halogens is 2. The Morgan fingerprint density at radius 1 is 1.23 bits per heavy atom. The van der Waals surface area contributed by atoms with Crippen LogP contribution in [0.5, 0.6) is 0 Å². The number of rotatable bonds is 3. The third-order valence-corrected chi connectivity index (χ3v) is 6.30. The molecule has 1 amide bonds. The Balaban J connectivity index is 0.00000121. The van der Waals surface area contributed by atoms with E-state index in [0.717, 1.165) is 34.7 Å². The molecule has 1 N–H and O–H groups in total. The van der Waals surface area contributed by atoms with Gasteiger partial charge in [-0.15, -0.1) is 36.2 Å². The molecular weight excluding hydrogens is 389 g/mol. The summed E-state index contributed by atoms with van der Waals surface area (Å²) in [5, 5.41) is 6.66. The van der Waals surface area contributed by atoms with Crippen LogP contribution in [0.2, 0.25) is 0 Å². The maximum Gasteiger partial charge on any atom is 0.253 e. The summed E-state index contributed by atoms with van der Waals surface area (Å²) in [6, 6.07) is 9.41. The molecule has 2 bridgehead atoms. The molecule has 4 nitrogen and oxygen atoms in total. The number of nitrogens with zero attached hydrogens (tertiary/aromatic N) is 2. The summed E-state index contributed by atoms with van der Waals surface area (Å²) in [6.07, 6.45) is 4.65. The minimum atomic E-state index is 0. The SMILES string of the molecule is Cc1csc(-c2cccc(C(=O)N(C)C3CC4CCC(C3)N4)c2)n1.Cl.Cl. The fourth-order valence-electron chi connectivity index (χ4n) is 3.98. The number of carbonyl (C=O) groups is 1. The second-order valence-electron chi connectivity index (χ2n) is 7.05. The highest BCUT2D eigenvalue weighted by molar-refractivity contribution is 7.13. The lowest BCUT2D eigenvalue weighted by Crippen LogP contribution is -2.48. The number of piperidine rings is 1. The van der Waals surface area contributed by atoms with E-state index in [0.29, 0.717) is 18.1 Å². The molecule has 26 heavy (non-hydrogen) atoms. The lowest BCUT2D eigenvalue weighted by molar-refractivity contribution is 0.0682. The summed E-state index contributed by atoms with van der Waals surface area (Å²) in [5.74, 6) is 0.122. The van der Waals surface area contributed by atoms with Gasteiger partial charge >= 0.3 is 0 Å². The second kappa shape index (κ2) is 8.70. The molecule has 2 unspecified atom stereocenters. The monoisotopic (exact) mass is 413 g/mol. The van der Waals surface area contributed by atoms with Gasteiger partial charge in [0, 0.05) is 47.4 Å². The fraction of sp³-hybridized carbons (Fsp3) is 0.474. The van der Waals surface area contributed by atoms with Crippen molar-refractivity contribution < 1.29 is 4.79 Å². The topological polar surface area (TPSA) is 45.2 Å². The van der Waals surface area contributed by atoms with Crippen LogP contribution in [0.4, 0.5) is 0 Å². The van der Waals surface area contributed by atoms with Gasteiger partial charge in [0.1, 0.15) is 5.01 Å². The van der Waals surface area contributed by atoms with Gasteiger partial charge < -0.3 is 10.2 Å². The molecule has 2 aliphatic heterocycles. The molecule has 0 aliphatic carbocycles. The molecule has 2 fully saturated rings. The lowest BCUT2D eigenvalue weighted by atomic mass is 9.97. The van der Waals surface area contributed by atoms with Gasteiger partial charge in [-0.3, -0.25) is 4.79 Å². The van der Waals surface area contributed by atoms with Crippen molar-refractivity contribution in [3.63, 3.8) is 0 Å². The van der Waals surface area contributed by atoms with E-state index in [-0.39, 0.29) is 30.7 Å². The highest BCUT2D eigenvalue weighted by Gasteiger charge is 2.36. The standard InChI is InChI=1S/C19H23N3OS.2ClH/c1-12-11-24-18(20-12)13-4-3-5-14(8-13)19(23)22(2)17-9-15-6-7-16(10-17)21-15;;/h3-5,8,11,15-17,21H,6-7,9-10H2,1-2H3;2*1H. The van der Waals surface area contributed by atoms with E-state index < -0.39 is 0 Å². The Kier molecular flexibility index (Phi) is 7.08. The first-order valence-electron chi connectivity index (χ1n) is 8.66. The predicted molar refractivity (Wildman–Crippen MR) is 112 cm³/mol. The summed E-state index contributed by atoms with van der Waals surface area (Å²) in [5.41, 5.74) is 2.81. The zero-order valence-corrected chi connectivity index (χ0v) is 17.4. The molecule has 2 atom stereocenters. The van der Waals surface area contributed by atoms with E-state index in [1.54, 1.807) is 11.3 Å². The number of carbonyl (C=O) groups excluding carboxylic acids is 1. The van der Waals surface area contributed by atoms with Crippen molar-refractivity contribution in [1.82, 2.24) is 15.2 Å². The van der Waals surface area contributed by atoms with Gasteiger partial charge in [-0.25, -0.2) is 4.98 Å². The molecular formula is C19H25Cl2N3OS. The van der Waals surface area contributed by atoms with Crippen molar-refractivity contribution in [2.24, 2.45) is 0 Å². The van der Waals surface area contributed by atoms with E-state index in [2.05, 4.69) is 10.3 Å². The number of nitrogens with one attached hydrogen (secondary N) is 1. The first kappa shape index (κ1) is 21.2. The van der Waals surface area contributed by atoms with E-state index in [9.17, 15) is 4.79 Å². The van der Waals surface area contributed by atoms with Crippen LogP contribution < -0.4 is 5.32 Å². The number of thiazole rings is 1. The number of fused-ring (bicyclic) bond motifs is 2. The number of benzene rings is 1. The van der Waals surface area contributed by atoms with Crippen molar-refractivity contribution in [2.75, 3.05) is 7.05 Å². The van der Waals surface area contributed by atoms with Crippen LogP contribution in [0.3, 0.4) is 0 Å². The van der Waals surface area contributed by atoms with Gasteiger partial charge in [0.05, 0.1) is 0 Å². The number of amides is 1. The van der Waals surface area contributed by atoms with E-state index in [4.69, 9.17) is 0 Å². The first-order valence-corrected chi connectivity index (χ1v) is 9.54. The van der Waals surface area contributed by atoms with Crippen molar-refractivity contribution in [2.45, 2.75) is 50.7 Å². The average Bonchev–Trinajstić information content (AvgIpc) is 3.18. The third-order valence-electron chi connectivity index (χ3n) is 5.29. The van der Waals surface area contributed by atoms with Gasteiger partial charge in [0.2, 0.25) is 0 Å². The summed E-state index contributed by atoms with van der Waals surface area (Å²) in [4.78, 5) is 19.4. The van der Waals surface area contributed by atoms with Crippen molar-refractivity contribution in [3.8, 4) is 10.6 Å². The molecule has 1 aromatic heterocycles. The molecule has 3 heterocycles. The average molecular weight is 414 g/mol. The third kappa shape index (κ3) is 4.22. The number of hydrogen-bond donors (Lipinski definition) is 1. The normalized spacial score (nSPS) is 23.7. The summed E-state index contributed by atoms with van der Waals surface area (Å²) in [7, 11) is 1.96. The van der Waals surface area contributed by atoms with Crippen LogP contribution in [0.15, 0.2) is 29.6 Å². The Hall–Kier alpha value is -1.14. The van der Waals surface area contributed by atoms with Crippen molar-refractivity contribution >= 4 is 42.1 Å². The maximum absolute atomic E-state index is 13.0. The number of hydrogen-bond acceptors (Lipinski definition) is 4. The molecule has 4 rings (SSSR count). The Morgan fingerprint density at radius 2 is 1.92 bits per heavy atom. The quantitative estimate of drug-likeness (QED) is 0.814. The minimum absolute atomic E-state index is 0. The van der Waals surface area contributed by atoms with Gasteiger partial charge in [-0.1, -0.05) is 12.1 Å². The van der Waals surface area contributed by atoms with Gasteiger partial charge in [0.15, 0.2) is 0 Å². The highest BCUT2D eigenvalue weighted by Crippen LogP contribution is 2.30. The Labute approximate surface area is 171 Å². The molecule has 2 aromatic rings. The molecule has 7 heteroatoms. The van der Waals surface area contributed by atoms with Crippen LogP contribution in [0.25, 0.3) is 10.6 Å². The number of aromatic nitrogens is 1. The van der Waals surface area contributed by atoms with Gasteiger partial charge in [0.25, 0.3) is 5.91 Å². The van der Waals surface area contributed by atoms with E-state index in [1.165, 1.54) is 12.8 Å². The van der Waals surface area contributed by atoms with Crippen LogP contribution >= 0.6 is 36.2 Å². The fourth-order valence-corrected chi connectivity index (χ4v) is 4.78. The first-order chi connectivity index (χ1) is 11.6. The lowest BCUT2D eigenvalue weighted by Gasteiger charge is -2.35. The molecule has 0 radical (unpaired) electrons. The highest BCUT2D eigenvalue weighted by atomic mass is 35.5. The molecule has 0 saturated carbocycles. The Morgan fingerprint density at radius 3 is 2.54 bits per heavy atom. The summed E-state index contributed by atoms with van der Waals surface area (Å²) in [6.45, 7) is 1.99. The maximum atomic E-state index is 13.0. The van der Waals surface area contributed by atoms with Crippen LogP contribution in [0, 0.1) is 6.92 Å².